The zero-order valence-electron chi connectivity index (χ0n) is 13.3. The Labute approximate surface area is 131 Å². The van der Waals surface area contributed by atoms with E-state index in [1.54, 1.807) is 11.3 Å². The maximum absolute atomic E-state index is 12.1. The van der Waals surface area contributed by atoms with E-state index in [9.17, 15) is 4.79 Å². The largest absolute Gasteiger partial charge is 0.444 e. The SMILES string of the molecule is CC(C)(C)OC(=O)Nc1csc2c1C1(CCCC1)CCC2. The number of anilines is 1. The summed E-state index contributed by atoms with van der Waals surface area (Å²) in [7, 11) is 0. The minimum atomic E-state index is -0.453. The number of carbonyl (C=O) groups is 1. The van der Waals surface area contributed by atoms with E-state index < -0.39 is 5.60 Å². The zero-order chi connectivity index (χ0) is 15.1. The molecule has 0 saturated heterocycles. The summed E-state index contributed by atoms with van der Waals surface area (Å²) in [4.78, 5) is 13.6. The molecule has 21 heavy (non-hydrogen) atoms. The Bertz CT molecular complexity index is 535. The molecule has 116 valence electrons. The third-order valence-electron chi connectivity index (χ3n) is 4.65. The van der Waals surface area contributed by atoms with Gasteiger partial charge in [-0.25, -0.2) is 4.79 Å². The number of hydrogen-bond acceptors (Lipinski definition) is 3. The molecule has 1 saturated carbocycles. The van der Waals surface area contributed by atoms with Gasteiger partial charge < -0.3 is 4.74 Å². The number of amides is 1. The van der Waals surface area contributed by atoms with E-state index in [4.69, 9.17) is 4.74 Å². The average Bonchev–Trinajstić information content (AvgIpc) is 2.96. The van der Waals surface area contributed by atoms with Crippen LogP contribution in [0.25, 0.3) is 0 Å². The number of ether oxygens (including phenoxy) is 1. The molecule has 1 fully saturated rings. The van der Waals surface area contributed by atoms with Gasteiger partial charge in [0, 0.05) is 10.3 Å². The lowest BCUT2D eigenvalue weighted by Crippen LogP contribution is -2.30. The molecular weight excluding hydrogens is 282 g/mol. The van der Waals surface area contributed by atoms with E-state index in [1.807, 2.05) is 20.8 Å². The van der Waals surface area contributed by atoms with Crippen LogP contribution in [-0.4, -0.2) is 11.7 Å². The van der Waals surface area contributed by atoms with Crippen molar-refractivity contribution >= 4 is 23.1 Å². The van der Waals surface area contributed by atoms with E-state index in [0.717, 1.165) is 12.1 Å². The van der Waals surface area contributed by atoms with Crippen LogP contribution in [0.5, 0.6) is 0 Å². The van der Waals surface area contributed by atoms with Crippen LogP contribution < -0.4 is 5.32 Å². The highest BCUT2D eigenvalue weighted by Crippen LogP contribution is 2.53. The molecule has 0 aliphatic heterocycles. The first-order valence-corrected chi connectivity index (χ1v) is 8.88. The van der Waals surface area contributed by atoms with Crippen LogP contribution in [-0.2, 0) is 16.6 Å². The van der Waals surface area contributed by atoms with Crippen LogP contribution in [0.15, 0.2) is 5.38 Å². The molecule has 0 atom stereocenters. The fraction of sp³-hybridized carbons (Fsp3) is 0.706. The van der Waals surface area contributed by atoms with Crippen molar-refractivity contribution in [1.29, 1.82) is 0 Å². The second kappa shape index (κ2) is 5.31. The first kappa shape index (κ1) is 14.9. The summed E-state index contributed by atoms with van der Waals surface area (Å²) in [6, 6.07) is 0. The van der Waals surface area contributed by atoms with Gasteiger partial charge in [0.05, 0.1) is 5.69 Å². The number of nitrogens with one attached hydrogen (secondary N) is 1. The van der Waals surface area contributed by atoms with Crippen LogP contribution >= 0.6 is 11.3 Å². The number of rotatable bonds is 1. The Morgan fingerprint density at radius 1 is 1.24 bits per heavy atom. The molecule has 4 heteroatoms. The summed E-state index contributed by atoms with van der Waals surface area (Å²) >= 11 is 1.80. The van der Waals surface area contributed by atoms with Crippen molar-refractivity contribution in [3.8, 4) is 0 Å². The smallest absolute Gasteiger partial charge is 0.412 e. The molecule has 2 aliphatic rings. The minimum absolute atomic E-state index is 0.331. The number of hydrogen-bond donors (Lipinski definition) is 1. The second-order valence-corrected chi connectivity index (χ2v) is 8.38. The standard InChI is InChI=1S/C17H25NO2S/c1-16(2,3)20-15(19)18-12-11-21-13-7-6-10-17(14(12)13)8-4-5-9-17/h11H,4-10H2,1-3H3,(H,18,19). The number of thiophene rings is 1. The zero-order valence-corrected chi connectivity index (χ0v) is 14.1. The van der Waals surface area contributed by atoms with E-state index in [0.29, 0.717) is 5.41 Å². The monoisotopic (exact) mass is 307 g/mol. The summed E-state index contributed by atoms with van der Waals surface area (Å²) < 4.78 is 5.41. The highest BCUT2D eigenvalue weighted by atomic mass is 32.1. The highest BCUT2D eigenvalue weighted by molar-refractivity contribution is 7.10. The Morgan fingerprint density at radius 3 is 2.57 bits per heavy atom. The molecule has 1 amide bonds. The molecule has 3 nitrogen and oxygen atoms in total. The van der Waals surface area contributed by atoms with Crippen LogP contribution in [0.1, 0.15) is 69.7 Å². The molecule has 0 aromatic carbocycles. The molecule has 1 heterocycles. The van der Waals surface area contributed by atoms with Crippen molar-refractivity contribution in [3.63, 3.8) is 0 Å². The number of aryl methyl sites for hydroxylation is 1. The maximum Gasteiger partial charge on any atom is 0.412 e. The van der Waals surface area contributed by atoms with Crippen molar-refractivity contribution < 1.29 is 9.53 Å². The number of carbonyl (C=O) groups excluding carboxylic acids is 1. The first-order valence-electron chi connectivity index (χ1n) is 8.01. The van der Waals surface area contributed by atoms with Crippen LogP contribution in [0.4, 0.5) is 10.5 Å². The fourth-order valence-corrected chi connectivity index (χ4v) is 5.08. The first-order chi connectivity index (χ1) is 9.90. The second-order valence-electron chi connectivity index (χ2n) is 7.42. The van der Waals surface area contributed by atoms with Crippen LogP contribution in [0, 0.1) is 0 Å². The lowest BCUT2D eigenvalue weighted by Gasteiger charge is -2.35. The third-order valence-corrected chi connectivity index (χ3v) is 5.70. The summed E-state index contributed by atoms with van der Waals surface area (Å²) in [5.41, 5.74) is 2.32. The Hall–Kier alpha value is -1.03. The molecule has 0 unspecified atom stereocenters. The Balaban J connectivity index is 1.85. The van der Waals surface area contributed by atoms with Gasteiger partial charge in [-0.2, -0.15) is 0 Å². The van der Waals surface area contributed by atoms with E-state index in [-0.39, 0.29) is 6.09 Å². The van der Waals surface area contributed by atoms with Gasteiger partial charge in [-0.15, -0.1) is 11.3 Å². The van der Waals surface area contributed by atoms with E-state index in [1.165, 1.54) is 49.0 Å². The third kappa shape index (κ3) is 2.96. The summed E-state index contributed by atoms with van der Waals surface area (Å²) in [6.45, 7) is 5.69. The molecule has 0 bridgehead atoms. The van der Waals surface area contributed by atoms with E-state index in [2.05, 4.69) is 10.7 Å². The molecule has 3 rings (SSSR count). The van der Waals surface area contributed by atoms with Gasteiger partial charge in [0.25, 0.3) is 0 Å². The van der Waals surface area contributed by atoms with Crippen LogP contribution in [0.3, 0.4) is 0 Å². The molecule has 1 N–H and O–H groups in total. The molecule has 1 spiro atoms. The van der Waals surface area contributed by atoms with Crippen molar-refractivity contribution in [2.24, 2.45) is 0 Å². The molecule has 0 radical (unpaired) electrons. The van der Waals surface area contributed by atoms with Crippen molar-refractivity contribution in [2.75, 3.05) is 5.32 Å². The maximum atomic E-state index is 12.1. The molecular formula is C17H25NO2S. The van der Waals surface area contributed by atoms with Crippen molar-refractivity contribution in [2.45, 2.75) is 76.7 Å². The summed E-state index contributed by atoms with van der Waals surface area (Å²) in [5, 5.41) is 5.12. The topological polar surface area (TPSA) is 38.3 Å². The fourth-order valence-electron chi connectivity index (χ4n) is 3.93. The van der Waals surface area contributed by atoms with Gasteiger partial charge in [0.15, 0.2) is 0 Å². The van der Waals surface area contributed by atoms with Gasteiger partial charge in [-0.3, -0.25) is 5.32 Å². The predicted molar refractivity (Wildman–Crippen MR) is 87.3 cm³/mol. The Kier molecular flexibility index (Phi) is 3.76. The van der Waals surface area contributed by atoms with Crippen molar-refractivity contribution in [3.05, 3.63) is 15.8 Å². The predicted octanol–water partition coefficient (Wildman–Crippen LogP) is 5.24. The van der Waals surface area contributed by atoms with Gasteiger partial charge >= 0.3 is 6.09 Å². The highest BCUT2D eigenvalue weighted by Gasteiger charge is 2.41. The van der Waals surface area contributed by atoms with Gasteiger partial charge in [0.1, 0.15) is 5.60 Å². The number of fused-ring (bicyclic) bond motifs is 2. The van der Waals surface area contributed by atoms with Gasteiger partial charge in [0.2, 0.25) is 0 Å². The lowest BCUT2D eigenvalue weighted by atomic mass is 9.71. The summed E-state index contributed by atoms with van der Waals surface area (Å²) in [6.07, 6.45) is 8.60. The molecule has 2 aliphatic carbocycles. The minimum Gasteiger partial charge on any atom is -0.444 e. The average molecular weight is 307 g/mol. The molecule has 1 aromatic rings. The Morgan fingerprint density at radius 2 is 1.90 bits per heavy atom. The van der Waals surface area contributed by atoms with E-state index >= 15 is 0 Å². The normalized spacial score (nSPS) is 20.3. The van der Waals surface area contributed by atoms with Crippen molar-refractivity contribution in [1.82, 2.24) is 0 Å². The molecule has 1 aromatic heterocycles. The quantitative estimate of drug-likeness (QED) is 0.770. The summed E-state index contributed by atoms with van der Waals surface area (Å²) in [5.74, 6) is 0. The van der Waals surface area contributed by atoms with Gasteiger partial charge in [-0.05, 0) is 63.9 Å². The van der Waals surface area contributed by atoms with Crippen LogP contribution in [0.2, 0.25) is 0 Å². The van der Waals surface area contributed by atoms with Gasteiger partial charge in [-0.1, -0.05) is 12.8 Å². The lowest BCUT2D eigenvalue weighted by molar-refractivity contribution is 0.0635.